The maximum Gasteiger partial charge on any atom is 0.323 e. The largest absolute Gasteiger partial charge is 0.465 e. The number of ether oxygens (including phenoxy) is 1. The molecule has 1 aliphatic heterocycles. The first-order chi connectivity index (χ1) is 8.76. The number of carbonyl (C=O) groups excluding carboxylic acids is 1. The molecule has 0 spiro atoms. The molecule has 1 aliphatic rings. The molecule has 0 aliphatic carbocycles. The first-order valence-electron chi connectivity index (χ1n) is 6.67. The van der Waals surface area contributed by atoms with E-state index in [1.54, 1.807) is 0 Å². The summed E-state index contributed by atoms with van der Waals surface area (Å²) in [4.78, 5) is 18.5. The van der Waals surface area contributed by atoms with Crippen molar-refractivity contribution in [1.82, 2.24) is 14.5 Å². The van der Waals surface area contributed by atoms with Crippen molar-refractivity contribution >= 4 is 5.97 Å². The Balaban J connectivity index is 2.06. The van der Waals surface area contributed by atoms with Crippen molar-refractivity contribution < 1.29 is 9.53 Å². The minimum atomic E-state index is -0.125. The van der Waals surface area contributed by atoms with Gasteiger partial charge in [-0.3, -0.25) is 9.69 Å². The molecule has 18 heavy (non-hydrogen) atoms. The van der Waals surface area contributed by atoms with Crippen LogP contribution in [0.25, 0.3) is 0 Å². The molecule has 0 aromatic carbocycles. The molecule has 1 aromatic rings. The van der Waals surface area contributed by atoms with Crippen molar-refractivity contribution in [1.29, 1.82) is 0 Å². The normalized spacial score (nSPS) is 17.2. The molecule has 0 bridgehead atoms. The average molecular weight is 251 g/mol. The topological polar surface area (TPSA) is 47.4 Å². The fraction of sp³-hybridized carbons (Fsp3) is 0.692. The van der Waals surface area contributed by atoms with Gasteiger partial charge in [0.15, 0.2) is 0 Å². The summed E-state index contributed by atoms with van der Waals surface area (Å²) in [6.45, 7) is 6.90. The molecule has 1 unspecified atom stereocenters. The lowest BCUT2D eigenvalue weighted by atomic mass is 10.1. The van der Waals surface area contributed by atoms with Gasteiger partial charge in [0.1, 0.15) is 11.9 Å². The number of carbonyl (C=O) groups is 1. The summed E-state index contributed by atoms with van der Waals surface area (Å²) in [6, 6.07) is -0.125. The first kappa shape index (κ1) is 13.1. The fourth-order valence-corrected chi connectivity index (χ4v) is 2.42. The molecule has 5 nitrogen and oxygen atoms in total. The van der Waals surface area contributed by atoms with Crippen LogP contribution in [0.4, 0.5) is 0 Å². The van der Waals surface area contributed by atoms with E-state index in [-0.39, 0.29) is 12.0 Å². The molecule has 5 heteroatoms. The summed E-state index contributed by atoms with van der Waals surface area (Å²) < 4.78 is 7.31. The van der Waals surface area contributed by atoms with Crippen molar-refractivity contribution in [3.63, 3.8) is 0 Å². The lowest BCUT2D eigenvalue weighted by Crippen LogP contribution is -2.46. The molecule has 2 heterocycles. The molecule has 100 valence electrons. The third-order valence-electron chi connectivity index (χ3n) is 3.34. The van der Waals surface area contributed by atoms with E-state index in [2.05, 4.69) is 21.4 Å². The number of esters is 1. The summed E-state index contributed by atoms with van der Waals surface area (Å²) in [5.74, 6) is 0.936. The summed E-state index contributed by atoms with van der Waals surface area (Å²) in [5, 5.41) is 0. The number of aromatic nitrogens is 2. The SMILES string of the molecule is CCCC(C(=O)OCC)N1CCn2ccnc2C1. The zero-order valence-electron chi connectivity index (χ0n) is 11.1. The Hall–Kier alpha value is -1.36. The molecule has 0 saturated heterocycles. The second-order valence-corrected chi connectivity index (χ2v) is 4.56. The van der Waals surface area contributed by atoms with Crippen LogP contribution in [0.1, 0.15) is 32.5 Å². The number of fused-ring (bicyclic) bond motifs is 1. The van der Waals surface area contributed by atoms with E-state index in [0.717, 1.165) is 38.3 Å². The van der Waals surface area contributed by atoms with Gasteiger partial charge in [-0.1, -0.05) is 13.3 Å². The van der Waals surface area contributed by atoms with Gasteiger partial charge in [-0.25, -0.2) is 4.98 Å². The number of hydrogen-bond acceptors (Lipinski definition) is 4. The van der Waals surface area contributed by atoms with Gasteiger partial charge in [0, 0.05) is 25.5 Å². The Morgan fingerprint density at radius 1 is 1.50 bits per heavy atom. The number of rotatable bonds is 5. The van der Waals surface area contributed by atoms with Crippen molar-refractivity contribution in [3.8, 4) is 0 Å². The summed E-state index contributed by atoms with van der Waals surface area (Å²) in [6.07, 6.45) is 5.64. The van der Waals surface area contributed by atoms with Gasteiger partial charge in [0.25, 0.3) is 0 Å². The summed E-state index contributed by atoms with van der Waals surface area (Å²) in [7, 11) is 0. The van der Waals surface area contributed by atoms with Crippen molar-refractivity contribution in [3.05, 3.63) is 18.2 Å². The second-order valence-electron chi connectivity index (χ2n) is 4.56. The molecule has 0 N–H and O–H groups in total. The van der Waals surface area contributed by atoms with Gasteiger partial charge in [-0.05, 0) is 13.3 Å². The van der Waals surface area contributed by atoms with Gasteiger partial charge in [0.05, 0.1) is 13.2 Å². The summed E-state index contributed by atoms with van der Waals surface area (Å²) in [5.41, 5.74) is 0. The van der Waals surface area contributed by atoms with E-state index in [4.69, 9.17) is 4.74 Å². The summed E-state index contributed by atoms with van der Waals surface area (Å²) >= 11 is 0. The fourth-order valence-electron chi connectivity index (χ4n) is 2.42. The van der Waals surface area contributed by atoms with Crippen LogP contribution in [0.3, 0.4) is 0 Å². The predicted octanol–water partition coefficient (Wildman–Crippen LogP) is 1.43. The Morgan fingerprint density at radius 3 is 3.06 bits per heavy atom. The molecular formula is C13H21N3O2. The lowest BCUT2D eigenvalue weighted by Gasteiger charge is -2.33. The van der Waals surface area contributed by atoms with Crippen molar-refractivity contribution in [2.75, 3.05) is 13.2 Å². The first-order valence-corrected chi connectivity index (χ1v) is 6.67. The zero-order valence-corrected chi connectivity index (χ0v) is 11.1. The van der Waals surface area contributed by atoms with Crippen LogP contribution in [0.15, 0.2) is 12.4 Å². The minimum Gasteiger partial charge on any atom is -0.465 e. The number of nitrogens with zero attached hydrogens (tertiary/aromatic N) is 3. The van der Waals surface area contributed by atoms with Crippen LogP contribution < -0.4 is 0 Å². The minimum absolute atomic E-state index is 0.0978. The van der Waals surface area contributed by atoms with Crippen LogP contribution in [-0.2, 0) is 22.6 Å². The Morgan fingerprint density at radius 2 is 2.33 bits per heavy atom. The van der Waals surface area contributed by atoms with Gasteiger partial charge in [-0.2, -0.15) is 0 Å². The molecule has 2 rings (SSSR count). The third kappa shape index (κ3) is 2.72. The van der Waals surface area contributed by atoms with Gasteiger partial charge < -0.3 is 9.30 Å². The van der Waals surface area contributed by atoms with Crippen LogP contribution in [0.2, 0.25) is 0 Å². The zero-order chi connectivity index (χ0) is 13.0. The predicted molar refractivity (Wildman–Crippen MR) is 68.0 cm³/mol. The van der Waals surface area contributed by atoms with E-state index in [1.165, 1.54) is 0 Å². The van der Waals surface area contributed by atoms with E-state index < -0.39 is 0 Å². The van der Waals surface area contributed by atoms with Gasteiger partial charge in [-0.15, -0.1) is 0 Å². The lowest BCUT2D eigenvalue weighted by molar-refractivity contribution is -0.150. The molecule has 1 atom stereocenters. The van der Waals surface area contributed by atoms with E-state index in [1.807, 2.05) is 19.3 Å². The standard InChI is InChI=1S/C13H21N3O2/c1-3-5-11(13(17)18-4-2)16-9-8-15-7-6-14-12(15)10-16/h6-7,11H,3-5,8-10H2,1-2H3. The van der Waals surface area contributed by atoms with E-state index >= 15 is 0 Å². The molecule has 1 aromatic heterocycles. The molecule has 0 amide bonds. The smallest absolute Gasteiger partial charge is 0.323 e. The molecule has 0 fully saturated rings. The Labute approximate surface area is 108 Å². The Bertz CT molecular complexity index is 403. The number of imidazole rings is 1. The van der Waals surface area contributed by atoms with Crippen LogP contribution >= 0.6 is 0 Å². The van der Waals surface area contributed by atoms with Crippen molar-refractivity contribution in [2.45, 2.75) is 45.8 Å². The van der Waals surface area contributed by atoms with Crippen LogP contribution in [0.5, 0.6) is 0 Å². The van der Waals surface area contributed by atoms with Gasteiger partial charge in [0.2, 0.25) is 0 Å². The van der Waals surface area contributed by atoms with Gasteiger partial charge >= 0.3 is 5.97 Å². The second kappa shape index (κ2) is 6.00. The number of hydrogen-bond donors (Lipinski definition) is 0. The Kier molecular flexibility index (Phi) is 4.36. The van der Waals surface area contributed by atoms with Crippen LogP contribution in [-0.4, -0.2) is 39.6 Å². The highest BCUT2D eigenvalue weighted by Gasteiger charge is 2.29. The average Bonchev–Trinajstić information content (AvgIpc) is 2.83. The maximum absolute atomic E-state index is 12.0. The van der Waals surface area contributed by atoms with Crippen molar-refractivity contribution in [2.24, 2.45) is 0 Å². The highest BCUT2D eigenvalue weighted by Crippen LogP contribution is 2.17. The van der Waals surface area contributed by atoms with Crippen LogP contribution in [0, 0.1) is 0 Å². The highest BCUT2D eigenvalue weighted by atomic mass is 16.5. The van der Waals surface area contributed by atoms with E-state index in [9.17, 15) is 4.79 Å². The maximum atomic E-state index is 12.0. The molecular weight excluding hydrogens is 230 g/mol. The van der Waals surface area contributed by atoms with E-state index in [0.29, 0.717) is 6.61 Å². The molecule has 0 radical (unpaired) electrons. The molecule has 0 saturated carbocycles. The quantitative estimate of drug-likeness (QED) is 0.743. The monoisotopic (exact) mass is 251 g/mol. The third-order valence-corrected chi connectivity index (χ3v) is 3.34. The highest BCUT2D eigenvalue weighted by molar-refractivity contribution is 5.75.